The van der Waals surface area contributed by atoms with Gasteiger partial charge in [-0.25, -0.2) is 4.99 Å². The Morgan fingerprint density at radius 1 is 0.538 bits per heavy atom. The Balaban J connectivity index is 1.06. The number of hydrogen-bond donors (Lipinski definition) is 2. The van der Waals surface area contributed by atoms with E-state index in [-0.39, 0.29) is 5.96 Å². The zero-order chi connectivity index (χ0) is 34.6. The Kier molecular flexibility index (Phi) is 6.93. The first-order chi connectivity index (χ1) is 25.7. The standard InChI is InChI=1S/C48H32N4/c49-48(51-42-19-9-4-14-35(42)28-31-12-2-1-3-13-31)52-45-21-11-8-16-37(45)38-27-26-34(29-46(38)52)32-22-24-33(25-23-32)41-30-44-47(39-17-6-5-15-36(39)41)40-18-7-10-20-43(40)50-44/h1-30,49-50H/b35-28+,49-48?,51-42-. The molecule has 7 aromatic carbocycles. The molecule has 0 unspecified atom stereocenters. The third-order valence-corrected chi connectivity index (χ3v) is 10.2. The van der Waals surface area contributed by atoms with Crippen molar-refractivity contribution in [1.82, 2.24) is 9.55 Å². The van der Waals surface area contributed by atoms with Crippen LogP contribution >= 0.6 is 0 Å². The molecule has 0 bridgehead atoms. The summed E-state index contributed by atoms with van der Waals surface area (Å²) in [5.74, 6) is 0.173. The Morgan fingerprint density at radius 3 is 2.04 bits per heavy atom. The first kappa shape index (κ1) is 29.8. The molecule has 52 heavy (non-hydrogen) atoms. The molecule has 0 radical (unpaired) electrons. The van der Waals surface area contributed by atoms with Crippen LogP contribution in [0.5, 0.6) is 0 Å². The van der Waals surface area contributed by atoms with Crippen LogP contribution in [0.3, 0.4) is 0 Å². The molecule has 2 N–H and O–H groups in total. The fourth-order valence-electron chi connectivity index (χ4n) is 7.78. The normalized spacial score (nSPS) is 14.5. The van der Waals surface area contributed by atoms with Gasteiger partial charge in [-0.1, -0.05) is 146 Å². The van der Waals surface area contributed by atoms with Gasteiger partial charge < -0.3 is 4.98 Å². The van der Waals surface area contributed by atoms with E-state index in [4.69, 9.17) is 4.99 Å². The maximum absolute atomic E-state index is 9.36. The average molecular weight is 665 g/mol. The predicted molar refractivity (Wildman–Crippen MR) is 220 cm³/mol. The van der Waals surface area contributed by atoms with Gasteiger partial charge in [0.25, 0.3) is 0 Å². The molecule has 0 fully saturated rings. The summed E-state index contributed by atoms with van der Waals surface area (Å²) in [6, 6.07) is 53.5. The zero-order valence-corrected chi connectivity index (χ0v) is 28.2. The van der Waals surface area contributed by atoms with Gasteiger partial charge in [-0.15, -0.1) is 0 Å². The number of nitrogens with zero attached hydrogens (tertiary/aromatic N) is 2. The summed E-state index contributed by atoms with van der Waals surface area (Å²) in [6.45, 7) is 0. The highest BCUT2D eigenvalue weighted by molar-refractivity contribution is 6.23. The summed E-state index contributed by atoms with van der Waals surface area (Å²) in [6.07, 6.45) is 10.1. The van der Waals surface area contributed by atoms with E-state index in [0.717, 1.165) is 60.8 Å². The monoisotopic (exact) mass is 664 g/mol. The third kappa shape index (κ3) is 4.92. The summed E-state index contributed by atoms with van der Waals surface area (Å²) in [5.41, 5.74) is 11.6. The Morgan fingerprint density at radius 2 is 1.19 bits per heavy atom. The first-order valence-corrected chi connectivity index (χ1v) is 17.6. The third-order valence-electron chi connectivity index (χ3n) is 10.2. The van der Waals surface area contributed by atoms with Gasteiger partial charge >= 0.3 is 0 Å². The molecule has 244 valence electrons. The van der Waals surface area contributed by atoms with Crippen molar-refractivity contribution < 1.29 is 0 Å². The van der Waals surface area contributed by atoms with Crippen LogP contribution in [0, 0.1) is 5.41 Å². The van der Waals surface area contributed by atoms with Gasteiger partial charge in [0.1, 0.15) is 0 Å². The summed E-state index contributed by atoms with van der Waals surface area (Å²) < 4.78 is 1.98. The molecule has 4 nitrogen and oxygen atoms in total. The quantitative estimate of drug-likeness (QED) is 0.140. The topological polar surface area (TPSA) is 56.9 Å². The van der Waals surface area contributed by atoms with Crippen LogP contribution in [0.4, 0.5) is 0 Å². The molecule has 1 aliphatic carbocycles. The van der Waals surface area contributed by atoms with Crippen LogP contribution in [0.25, 0.3) is 82.7 Å². The first-order valence-electron chi connectivity index (χ1n) is 17.6. The van der Waals surface area contributed by atoms with Gasteiger partial charge in [-0.2, -0.15) is 0 Å². The second kappa shape index (κ2) is 12.1. The van der Waals surface area contributed by atoms with Crippen molar-refractivity contribution >= 4 is 72.1 Å². The van der Waals surface area contributed by atoms with Crippen molar-refractivity contribution in [1.29, 1.82) is 5.41 Å². The molecular formula is C48H32N4. The van der Waals surface area contributed by atoms with E-state index in [1.54, 1.807) is 0 Å². The van der Waals surface area contributed by atoms with E-state index in [0.29, 0.717) is 0 Å². The van der Waals surface area contributed by atoms with E-state index >= 15 is 0 Å². The van der Waals surface area contributed by atoms with E-state index in [9.17, 15) is 5.41 Å². The van der Waals surface area contributed by atoms with Crippen molar-refractivity contribution in [2.45, 2.75) is 0 Å². The van der Waals surface area contributed by atoms with Crippen molar-refractivity contribution in [2.24, 2.45) is 4.99 Å². The molecule has 2 heterocycles. The van der Waals surface area contributed by atoms with Crippen LogP contribution in [-0.4, -0.2) is 21.2 Å². The number of para-hydroxylation sites is 2. The van der Waals surface area contributed by atoms with Crippen LogP contribution < -0.4 is 0 Å². The highest BCUT2D eigenvalue weighted by Crippen LogP contribution is 2.39. The Labute approximate surface area is 300 Å². The van der Waals surface area contributed by atoms with Crippen LogP contribution in [-0.2, 0) is 0 Å². The average Bonchev–Trinajstić information content (AvgIpc) is 3.74. The highest BCUT2D eigenvalue weighted by Gasteiger charge is 2.17. The molecule has 9 aromatic rings. The second-order valence-corrected chi connectivity index (χ2v) is 13.3. The summed E-state index contributed by atoms with van der Waals surface area (Å²) in [7, 11) is 0. The Hall–Kier alpha value is -7.04. The van der Waals surface area contributed by atoms with E-state index in [1.165, 1.54) is 32.7 Å². The van der Waals surface area contributed by atoms with E-state index < -0.39 is 0 Å². The zero-order valence-electron chi connectivity index (χ0n) is 28.2. The van der Waals surface area contributed by atoms with E-state index in [2.05, 4.69) is 138 Å². The number of aromatic nitrogens is 2. The lowest BCUT2D eigenvalue weighted by Gasteiger charge is -2.11. The number of aromatic amines is 1. The number of H-pyrrole nitrogens is 1. The van der Waals surface area contributed by atoms with Gasteiger partial charge in [0, 0.05) is 38.2 Å². The lowest BCUT2D eigenvalue weighted by atomic mass is 9.93. The van der Waals surface area contributed by atoms with Gasteiger partial charge in [0.2, 0.25) is 5.96 Å². The number of aliphatic imine (C=N–C) groups is 1. The number of benzene rings is 7. The second-order valence-electron chi connectivity index (χ2n) is 13.3. The van der Waals surface area contributed by atoms with Crippen molar-refractivity contribution in [2.75, 3.05) is 0 Å². The molecule has 0 aliphatic heterocycles. The number of allylic oxidation sites excluding steroid dienone is 5. The molecular weight excluding hydrogens is 633 g/mol. The van der Waals surface area contributed by atoms with E-state index in [1.807, 2.05) is 53.1 Å². The lowest BCUT2D eigenvalue weighted by Crippen LogP contribution is -2.12. The molecule has 10 rings (SSSR count). The number of hydrogen-bond acceptors (Lipinski definition) is 1. The van der Waals surface area contributed by atoms with Crippen LogP contribution in [0.15, 0.2) is 187 Å². The van der Waals surface area contributed by atoms with Gasteiger partial charge in [0.05, 0.1) is 16.7 Å². The smallest absolute Gasteiger partial charge is 0.227 e. The van der Waals surface area contributed by atoms with Crippen LogP contribution in [0.1, 0.15) is 5.56 Å². The van der Waals surface area contributed by atoms with Crippen molar-refractivity contribution in [3.05, 3.63) is 187 Å². The van der Waals surface area contributed by atoms with Gasteiger partial charge in [0.15, 0.2) is 0 Å². The van der Waals surface area contributed by atoms with Crippen molar-refractivity contribution in [3.63, 3.8) is 0 Å². The minimum absolute atomic E-state index is 0.173. The molecule has 0 atom stereocenters. The minimum atomic E-state index is 0.173. The highest BCUT2D eigenvalue weighted by atomic mass is 15.1. The summed E-state index contributed by atoms with van der Waals surface area (Å²) in [4.78, 5) is 8.58. The largest absolute Gasteiger partial charge is 0.354 e. The van der Waals surface area contributed by atoms with Crippen LogP contribution in [0.2, 0.25) is 0 Å². The molecule has 0 spiro atoms. The lowest BCUT2D eigenvalue weighted by molar-refractivity contribution is 1.19. The number of fused-ring (bicyclic) bond motifs is 8. The maximum Gasteiger partial charge on any atom is 0.227 e. The molecule has 0 saturated carbocycles. The van der Waals surface area contributed by atoms with Gasteiger partial charge in [-0.05, 0) is 75.0 Å². The molecule has 0 saturated heterocycles. The fourth-order valence-corrected chi connectivity index (χ4v) is 7.78. The fraction of sp³-hybridized carbons (Fsp3) is 0. The van der Waals surface area contributed by atoms with Crippen molar-refractivity contribution in [3.8, 4) is 22.3 Å². The number of nitrogens with one attached hydrogen (secondary N) is 2. The summed E-state index contributed by atoms with van der Waals surface area (Å²) in [5, 5.41) is 16.6. The number of rotatable bonds is 3. The maximum atomic E-state index is 9.36. The SMILES string of the molecule is N=C(/N=C1/C=CC=C/C1=C\c1ccccc1)n1c2ccccc2c2ccc(-c3ccc(-c4cc5[nH]c6ccccc6c5c5ccccc45)cc3)cc21. The minimum Gasteiger partial charge on any atom is -0.354 e. The van der Waals surface area contributed by atoms with Gasteiger partial charge in [-0.3, -0.25) is 9.98 Å². The Bertz CT molecular complexity index is 3000. The predicted octanol–water partition coefficient (Wildman–Crippen LogP) is 12.3. The molecule has 1 aliphatic rings. The molecule has 2 aromatic heterocycles. The molecule has 4 heteroatoms. The summed E-state index contributed by atoms with van der Waals surface area (Å²) >= 11 is 0. The molecule has 0 amide bonds.